The van der Waals surface area contributed by atoms with E-state index in [4.69, 9.17) is 19.9 Å². The summed E-state index contributed by atoms with van der Waals surface area (Å²) in [6.45, 7) is 4.72. The molecule has 43 heavy (non-hydrogen) atoms. The van der Waals surface area contributed by atoms with Gasteiger partial charge in [0.2, 0.25) is 0 Å². The number of aromatic nitrogens is 4. The highest BCUT2D eigenvalue weighted by Gasteiger charge is 2.34. The van der Waals surface area contributed by atoms with Gasteiger partial charge in [-0.15, -0.1) is 0 Å². The molecule has 2 N–H and O–H groups in total. The molecule has 0 unspecified atom stereocenters. The summed E-state index contributed by atoms with van der Waals surface area (Å²) in [5.41, 5.74) is 8.21. The van der Waals surface area contributed by atoms with Crippen LogP contribution in [0.2, 0.25) is 0 Å². The summed E-state index contributed by atoms with van der Waals surface area (Å²) in [6, 6.07) is 12.0. The topological polar surface area (TPSA) is 101 Å². The number of hydrogen-bond donors (Lipinski definition) is 1. The minimum absolute atomic E-state index is 0.0215. The van der Waals surface area contributed by atoms with Crippen LogP contribution in [0.1, 0.15) is 42.4 Å². The van der Waals surface area contributed by atoms with Gasteiger partial charge in [0.1, 0.15) is 0 Å². The molecule has 0 radical (unpaired) electrons. The maximum absolute atomic E-state index is 14.4. The van der Waals surface area contributed by atoms with Crippen LogP contribution in [0.3, 0.4) is 0 Å². The summed E-state index contributed by atoms with van der Waals surface area (Å²) < 4.78 is 61.4. The monoisotopic (exact) mass is 596 g/mol. The van der Waals surface area contributed by atoms with E-state index >= 15 is 0 Å². The fourth-order valence-corrected chi connectivity index (χ4v) is 5.80. The Morgan fingerprint density at radius 2 is 1.67 bits per heavy atom. The van der Waals surface area contributed by atoms with E-state index in [9.17, 15) is 13.2 Å². The lowest BCUT2D eigenvalue weighted by molar-refractivity contribution is -0.137. The number of likely N-dealkylation sites (tertiary alicyclic amines) is 1. The van der Waals surface area contributed by atoms with Gasteiger partial charge in [-0.25, -0.2) is 0 Å². The molecular formula is C31H35F3N6O3. The highest BCUT2D eigenvalue weighted by atomic mass is 19.4. The molecule has 2 fully saturated rings. The van der Waals surface area contributed by atoms with Crippen molar-refractivity contribution in [3.8, 4) is 23.1 Å². The zero-order valence-electron chi connectivity index (χ0n) is 24.1. The lowest BCUT2D eigenvalue weighted by Gasteiger charge is -2.21. The molecule has 0 amide bonds. The third kappa shape index (κ3) is 6.54. The molecule has 0 aliphatic carbocycles. The van der Waals surface area contributed by atoms with E-state index in [1.54, 1.807) is 22.8 Å². The van der Waals surface area contributed by atoms with Crippen LogP contribution in [-0.2, 0) is 24.0 Å². The zero-order valence-corrected chi connectivity index (χ0v) is 24.1. The minimum atomic E-state index is -4.56. The molecule has 4 heterocycles. The summed E-state index contributed by atoms with van der Waals surface area (Å²) in [4.78, 5) is 15.5. The van der Waals surface area contributed by atoms with Crippen molar-refractivity contribution >= 4 is 17.0 Å². The smallest absolute Gasteiger partial charge is 0.417 e. The number of benzene rings is 2. The average molecular weight is 597 g/mol. The van der Waals surface area contributed by atoms with Gasteiger partial charge < -0.3 is 19.9 Å². The molecule has 6 rings (SSSR count). The molecule has 4 aromatic rings. The maximum Gasteiger partial charge on any atom is 0.417 e. The Hall–Kier alpha value is -3.90. The second-order valence-electron chi connectivity index (χ2n) is 11.2. The third-order valence-electron chi connectivity index (χ3n) is 8.14. The Morgan fingerprint density at radius 1 is 0.953 bits per heavy atom. The van der Waals surface area contributed by atoms with Crippen molar-refractivity contribution in [2.24, 2.45) is 5.92 Å². The van der Waals surface area contributed by atoms with Crippen molar-refractivity contribution in [3.63, 3.8) is 0 Å². The van der Waals surface area contributed by atoms with Crippen molar-refractivity contribution < 1.29 is 27.4 Å². The SMILES string of the molecule is COc1nc2c(N)nc(OCC3CCOCC3)nc2n1Cc1ccc(-c2ccc(CN3CCCC3)cc2)c(C(F)(F)F)c1. The molecule has 2 aliphatic rings. The normalized spacial score (nSPS) is 16.7. The fraction of sp³-hybridized carbons (Fsp3) is 0.452. The number of imidazole rings is 1. The molecular weight excluding hydrogens is 561 g/mol. The highest BCUT2D eigenvalue weighted by Crippen LogP contribution is 2.38. The van der Waals surface area contributed by atoms with Gasteiger partial charge >= 0.3 is 12.2 Å². The molecule has 12 heteroatoms. The first kappa shape index (κ1) is 29.2. The van der Waals surface area contributed by atoms with Gasteiger partial charge in [-0.3, -0.25) is 9.47 Å². The lowest BCUT2D eigenvalue weighted by Crippen LogP contribution is -2.22. The largest absolute Gasteiger partial charge is 0.468 e. The van der Waals surface area contributed by atoms with Crippen LogP contribution in [0, 0.1) is 5.92 Å². The van der Waals surface area contributed by atoms with Crippen LogP contribution >= 0.6 is 0 Å². The second-order valence-corrected chi connectivity index (χ2v) is 11.2. The van der Waals surface area contributed by atoms with Crippen LogP contribution in [0.5, 0.6) is 12.0 Å². The highest BCUT2D eigenvalue weighted by molar-refractivity contribution is 5.83. The van der Waals surface area contributed by atoms with Crippen molar-refractivity contribution in [1.82, 2.24) is 24.4 Å². The van der Waals surface area contributed by atoms with Crippen molar-refractivity contribution in [3.05, 3.63) is 59.2 Å². The van der Waals surface area contributed by atoms with Gasteiger partial charge in [0.05, 0.1) is 25.8 Å². The van der Waals surface area contributed by atoms with E-state index in [0.29, 0.717) is 42.5 Å². The van der Waals surface area contributed by atoms with Crippen molar-refractivity contribution in [2.75, 3.05) is 45.8 Å². The van der Waals surface area contributed by atoms with Crippen molar-refractivity contribution in [2.45, 2.75) is 44.9 Å². The number of methoxy groups -OCH3 is 1. The number of rotatable bonds is 9. The molecule has 0 saturated carbocycles. The van der Waals surface area contributed by atoms with E-state index in [-0.39, 0.29) is 35.5 Å². The molecule has 2 aromatic carbocycles. The van der Waals surface area contributed by atoms with Crippen LogP contribution < -0.4 is 15.2 Å². The molecule has 0 atom stereocenters. The number of fused-ring (bicyclic) bond motifs is 1. The lowest BCUT2D eigenvalue weighted by atomic mass is 9.96. The van der Waals surface area contributed by atoms with Crippen LogP contribution in [0.25, 0.3) is 22.3 Å². The van der Waals surface area contributed by atoms with Gasteiger partial charge in [0.15, 0.2) is 17.0 Å². The molecule has 2 aromatic heterocycles. The zero-order chi connectivity index (χ0) is 30.0. The van der Waals surface area contributed by atoms with E-state index < -0.39 is 11.7 Å². The molecule has 228 valence electrons. The van der Waals surface area contributed by atoms with E-state index in [2.05, 4.69) is 19.9 Å². The predicted octanol–water partition coefficient (Wildman–Crippen LogP) is 5.55. The van der Waals surface area contributed by atoms with E-state index in [1.165, 1.54) is 32.1 Å². The second kappa shape index (κ2) is 12.4. The number of nitrogen functional groups attached to an aromatic ring is 1. The van der Waals surface area contributed by atoms with Gasteiger partial charge in [-0.05, 0) is 73.0 Å². The van der Waals surface area contributed by atoms with Gasteiger partial charge in [0.25, 0.3) is 6.01 Å². The predicted molar refractivity (Wildman–Crippen MR) is 156 cm³/mol. The molecule has 0 bridgehead atoms. The van der Waals surface area contributed by atoms with E-state index in [0.717, 1.165) is 38.0 Å². The van der Waals surface area contributed by atoms with E-state index in [1.807, 2.05) is 12.1 Å². The Bertz CT molecular complexity index is 1560. The summed E-state index contributed by atoms with van der Waals surface area (Å²) in [6.07, 6.45) is -0.427. The summed E-state index contributed by atoms with van der Waals surface area (Å²) in [5.74, 6) is 0.415. The quantitative estimate of drug-likeness (QED) is 0.268. The van der Waals surface area contributed by atoms with Crippen LogP contribution in [0.15, 0.2) is 42.5 Å². The van der Waals surface area contributed by atoms with Crippen molar-refractivity contribution in [1.29, 1.82) is 0 Å². The summed E-state index contributed by atoms with van der Waals surface area (Å²) in [5, 5.41) is 0. The number of ether oxygens (including phenoxy) is 3. The average Bonchev–Trinajstić information content (AvgIpc) is 3.65. The number of alkyl halides is 3. The first-order chi connectivity index (χ1) is 20.8. The molecule has 0 spiro atoms. The molecule has 2 saturated heterocycles. The number of anilines is 1. The Balaban J connectivity index is 1.28. The standard InChI is InChI=1S/C31H35F3N6O3/c1-41-30-36-26-27(35)37-29(43-19-21-10-14-42-15-11-21)38-28(26)40(30)18-22-6-9-24(25(16-22)31(32,33)34)23-7-4-20(5-8-23)17-39-12-2-3-13-39/h4-9,16,21H,2-3,10-15,17-19H2,1H3,(H2,35,37,38). The van der Waals surface area contributed by atoms with Gasteiger partial charge in [-0.2, -0.15) is 28.1 Å². The van der Waals surface area contributed by atoms with Gasteiger partial charge in [-0.1, -0.05) is 36.4 Å². The van der Waals surface area contributed by atoms with Gasteiger partial charge in [0, 0.05) is 19.8 Å². The first-order valence-electron chi connectivity index (χ1n) is 14.6. The fourth-order valence-electron chi connectivity index (χ4n) is 5.80. The Morgan fingerprint density at radius 3 is 2.37 bits per heavy atom. The minimum Gasteiger partial charge on any atom is -0.468 e. The number of nitrogens with two attached hydrogens (primary N) is 1. The molecule has 2 aliphatic heterocycles. The number of nitrogens with zero attached hydrogens (tertiary/aromatic N) is 5. The molecule has 9 nitrogen and oxygen atoms in total. The van der Waals surface area contributed by atoms with Crippen LogP contribution in [-0.4, -0.2) is 64.4 Å². The summed E-state index contributed by atoms with van der Waals surface area (Å²) in [7, 11) is 1.43. The first-order valence-corrected chi connectivity index (χ1v) is 14.6. The maximum atomic E-state index is 14.4. The summed E-state index contributed by atoms with van der Waals surface area (Å²) >= 11 is 0. The Kier molecular flexibility index (Phi) is 8.40. The number of halogens is 3. The Labute approximate surface area is 247 Å². The number of hydrogen-bond acceptors (Lipinski definition) is 8. The third-order valence-corrected chi connectivity index (χ3v) is 8.14. The van der Waals surface area contributed by atoms with Crippen LogP contribution in [0.4, 0.5) is 19.0 Å².